The molecule has 0 heterocycles. The molecule has 0 aromatic rings. The molecule has 0 spiro atoms. The predicted molar refractivity (Wildman–Crippen MR) is 35.2 cm³/mol. The van der Waals surface area contributed by atoms with Crippen LogP contribution in [0.1, 0.15) is 13.3 Å². The van der Waals surface area contributed by atoms with Crippen LogP contribution in [0.5, 0.6) is 0 Å². The lowest BCUT2D eigenvalue weighted by molar-refractivity contribution is -0.121. The van der Waals surface area contributed by atoms with Crippen molar-refractivity contribution < 1.29 is 9.90 Å². The molecular formula is C6H13NO2. The normalized spacial score (nSPS) is 13.2. The Kier molecular flexibility index (Phi) is 4.26. The van der Waals surface area contributed by atoms with Gasteiger partial charge in [-0.2, -0.15) is 0 Å². The molecule has 3 nitrogen and oxygen atoms in total. The Balaban J connectivity index is 3.64. The van der Waals surface area contributed by atoms with E-state index in [2.05, 4.69) is 5.32 Å². The first-order valence-electron chi connectivity index (χ1n) is 3.07. The van der Waals surface area contributed by atoms with Gasteiger partial charge in [0, 0.05) is 6.42 Å². The molecule has 0 fully saturated rings. The maximum atomic E-state index is 10.8. The lowest BCUT2D eigenvalue weighted by Gasteiger charge is -2.08. The van der Waals surface area contributed by atoms with Crippen LogP contribution in [-0.4, -0.2) is 30.6 Å². The fraction of sp³-hybridized carbons (Fsp3) is 0.833. The number of ketones is 1. The fourth-order valence-corrected chi connectivity index (χ4v) is 0.600. The van der Waals surface area contributed by atoms with Crippen LogP contribution in [-0.2, 0) is 4.79 Å². The van der Waals surface area contributed by atoms with Crippen LogP contribution in [0.2, 0.25) is 0 Å². The van der Waals surface area contributed by atoms with Crippen LogP contribution < -0.4 is 5.32 Å². The molecule has 0 aliphatic rings. The van der Waals surface area contributed by atoms with Crippen molar-refractivity contribution in [2.24, 2.45) is 0 Å². The van der Waals surface area contributed by atoms with Crippen molar-refractivity contribution in [3.8, 4) is 0 Å². The molecule has 0 saturated heterocycles. The van der Waals surface area contributed by atoms with Crippen molar-refractivity contribution >= 4 is 5.78 Å². The van der Waals surface area contributed by atoms with Gasteiger partial charge in [-0.15, -0.1) is 0 Å². The average Bonchev–Trinajstić information content (AvgIpc) is 1.90. The lowest BCUT2D eigenvalue weighted by Crippen LogP contribution is -2.36. The largest absolute Gasteiger partial charge is 0.394 e. The minimum Gasteiger partial charge on any atom is -0.394 e. The van der Waals surface area contributed by atoms with Gasteiger partial charge in [-0.25, -0.2) is 0 Å². The second kappa shape index (κ2) is 4.47. The third-order valence-corrected chi connectivity index (χ3v) is 1.27. The second-order valence-electron chi connectivity index (χ2n) is 1.84. The molecule has 0 saturated carbocycles. The van der Waals surface area contributed by atoms with Gasteiger partial charge in [0.25, 0.3) is 0 Å². The molecule has 9 heavy (non-hydrogen) atoms. The highest BCUT2D eigenvalue weighted by atomic mass is 16.3. The Hall–Kier alpha value is -0.410. The molecule has 0 aliphatic carbocycles. The molecular weight excluding hydrogens is 118 g/mol. The van der Waals surface area contributed by atoms with Gasteiger partial charge < -0.3 is 10.4 Å². The molecule has 54 valence electrons. The molecule has 2 N–H and O–H groups in total. The summed E-state index contributed by atoms with van der Waals surface area (Å²) >= 11 is 0. The number of carbonyl (C=O) groups excluding carboxylic acids is 1. The van der Waals surface area contributed by atoms with Gasteiger partial charge in [0.1, 0.15) is 0 Å². The predicted octanol–water partition coefficient (Wildman–Crippen LogP) is -0.454. The van der Waals surface area contributed by atoms with Gasteiger partial charge in [0.2, 0.25) is 0 Å². The van der Waals surface area contributed by atoms with E-state index < -0.39 is 0 Å². The first-order chi connectivity index (χ1) is 4.26. The quantitative estimate of drug-likeness (QED) is 0.543. The molecule has 3 heteroatoms. The smallest absolute Gasteiger partial charge is 0.151 e. The molecule has 0 aromatic carbocycles. The summed E-state index contributed by atoms with van der Waals surface area (Å²) in [5.41, 5.74) is 0. The molecule has 1 atom stereocenters. The zero-order valence-electron chi connectivity index (χ0n) is 5.85. The van der Waals surface area contributed by atoms with Gasteiger partial charge in [0.15, 0.2) is 5.78 Å². The highest BCUT2D eigenvalue weighted by molar-refractivity contribution is 5.83. The summed E-state index contributed by atoms with van der Waals surface area (Å²) in [7, 11) is 1.66. The Morgan fingerprint density at radius 1 is 1.78 bits per heavy atom. The third kappa shape index (κ3) is 2.58. The van der Waals surface area contributed by atoms with Gasteiger partial charge >= 0.3 is 0 Å². The molecule has 0 radical (unpaired) electrons. The summed E-state index contributed by atoms with van der Waals surface area (Å²) in [6.07, 6.45) is 0.478. The minimum absolute atomic E-state index is 0.0556. The highest BCUT2D eigenvalue weighted by Crippen LogP contribution is 1.87. The van der Waals surface area contributed by atoms with Crippen LogP contribution in [0, 0.1) is 0 Å². The van der Waals surface area contributed by atoms with Crippen LogP contribution in [0.4, 0.5) is 0 Å². The minimum atomic E-state index is -0.366. The molecule has 0 aromatic heterocycles. The van der Waals surface area contributed by atoms with E-state index in [1.54, 1.807) is 14.0 Å². The number of aliphatic hydroxyl groups excluding tert-OH is 1. The van der Waals surface area contributed by atoms with Gasteiger partial charge in [-0.3, -0.25) is 4.79 Å². The summed E-state index contributed by atoms with van der Waals surface area (Å²) in [5.74, 6) is 0.0556. The van der Waals surface area contributed by atoms with E-state index >= 15 is 0 Å². The summed E-state index contributed by atoms with van der Waals surface area (Å²) in [4.78, 5) is 10.8. The first-order valence-corrected chi connectivity index (χ1v) is 3.07. The molecule has 0 amide bonds. The Morgan fingerprint density at radius 3 is 2.44 bits per heavy atom. The topological polar surface area (TPSA) is 49.3 Å². The van der Waals surface area contributed by atoms with E-state index in [1.807, 2.05) is 0 Å². The number of likely N-dealkylation sites (N-methyl/N-ethyl adjacent to an activating group) is 1. The summed E-state index contributed by atoms with van der Waals surface area (Å²) < 4.78 is 0. The summed E-state index contributed by atoms with van der Waals surface area (Å²) in [6, 6.07) is -0.366. The van der Waals surface area contributed by atoms with E-state index in [4.69, 9.17) is 5.11 Å². The third-order valence-electron chi connectivity index (χ3n) is 1.27. The average molecular weight is 131 g/mol. The van der Waals surface area contributed by atoms with Crippen LogP contribution in [0.25, 0.3) is 0 Å². The summed E-state index contributed by atoms with van der Waals surface area (Å²) in [6.45, 7) is 1.67. The Bertz CT molecular complexity index is 89.1. The number of rotatable bonds is 4. The number of hydrogen-bond donors (Lipinski definition) is 2. The molecule has 0 aliphatic heterocycles. The Morgan fingerprint density at radius 2 is 2.33 bits per heavy atom. The maximum Gasteiger partial charge on any atom is 0.151 e. The standard InChI is InChI=1S/C6H13NO2/c1-3-6(9)5(4-8)7-2/h5,7-8H,3-4H2,1-2H3/t5-/m1/s1. The van der Waals surface area contributed by atoms with Crippen molar-refractivity contribution in [2.75, 3.05) is 13.7 Å². The molecule has 0 unspecified atom stereocenters. The van der Waals surface area contributed by atoms with Crippen molar-refractivity contribution in [3.63, 3.8) is 0 Å². The number of hydrogen-bond acceptors (Lipinski definition) is 3. The number of aliphatic hydroxyl groups is 1. The lowest BCUT2D eigenvalue weighted by atomic mass is 10.1. The molecule has 0 rings (SSSR count). The van der Waals surface area contributed by atoms with E-state index in [0.29, 0.717) is 6.42 Å². The van der Waals surface area contributed by atoms with Crippen molar-refractivity contribution in [1.29, 1.82) is 0 Å². The summed E-state index contributed by atoms with van der Waals surface area (Å²) in [5, 5.41) is 11.2. The number of nitrogens with one attached hydrogen (secondary N) is 1. The van der Waals surface area contributed by atoms with Crippen molar-refractivity contribution in [3.05, 3.63) is 0 Å². The second-order valence-corrected chi connectivity index (χ2v) is 1.84. The number of carbonyl (C=O) groups is 1. The van der Waals surface area contributed by atoms with E-state index in [9.17, 15) is 4.79 Å². The van der Waals surface area contributed by atoms with Crippen LogP contribution in [0.3, 0.4) is 0 Å². The van der Waals surface area contributed by atoms with Gasteiger partial charge in [-0.05, 0) is 7.05 Å². The van der Waals surface area contributed by atoms with E-state index in [-0.39, 0.29) is 18.4 Å². The highest BCUT2D eigenvalue weighted by Gasteiger charge is 2.11. The van der Waals surface area contributed by atoms with Gasteiger partial charge in [0.05, 0.1) is 12.6 Å². The SMILES string of the molecule is CCC(=O)[C@@H](CO)NC. The van der Waals surface area contributed by atoms with E-state index in [0.717, 1.165) is 0 Å². The zero-order chi connectivity index (χ0) is 7.28. The maximum absolute atomic E-state index is 10.8. The fourth-order valence-electron chi connectivity index (χ4n) is 0.600. The zero-order valence-corrected chi connectivity index (χ0v) is 5.85. The Labute approximate surface area is 55.1 Å². The van der Waals surface area contributed by atoms with E-state index in [1.165, 1.54) is 0 Å². The molecule has 0 bridgehead atoms. The van der Waals surface area contributed by atoms with Crippen molar-refractivity contribution in [2.45, 2.75) is 19.4 Å². The van der Waals surface area contributed by atoms with Crippen LogP contribution >= 0.6 is 0 Å². The van der Waals surface area contributed by atoms with Crippen molar-refractivity contribution in [1.82, 2.24) is 5.32 Å². The first kappa shape index (κ1) is 8.59. The van der Waals surface area contributed by atoms with Crippen LogP contribution in [0.15, 0.2) is 0 Å². The monoisotopic (exact) mass is 131 g/mol. The number of Topliss-reactive ketones (excluding diaryl/α,β-unsaturated/α-hetero) is 1. The van der Waals surface area contributed by atoms with Gasteiger partial charge in [-0.1, -0.05) is 6.92 Å².